The lowest BCUT2D eigenvalue weighted by Gasteiger charge is -2.09. The van der Waals surface area contributed by atoms with E-state index in [1.54, 1.807) is 0 Å². The van der Waals surface area contributed by atoms with Crippen LogP contribution in [0.5, 0.6) is 0 Å². The monoisotopic (exact) mass is 250 g/mol. The van der Waals surface area contributed by atoms with Crippen LogP contribution in [0.15, 0.2) is 30.3 Å². The Labute approximate surface area is 105 Å². The number of hydrogen-bond acceptors (Lipinski definition) is 5. The Morgan fingerprint density at radius 1 is 1.22 bits per heavy atom. The molecule has 0 aliphatic carbocycles. The van der Waals surface area contributed by atoms with Crippen molar-refractivity contribution in [1.82, 2.24) is 0 Å². The van der Waals surface area contributed by atoms with E-state index in [4.69, 9.17) is 9.47 Å². The highest BCUT2D eigenvalue weighted by Gasteiger charge is 2.09. The molecule has 0 fully saturated rings. The molecule has 0 saturated heterocycles. The van der Waals surface area contributed by atoms with Crippen LogP contribution >= 0.6 is 0 Å². The summed E-state index contributed by atoms with van der Waals surface area (Å²) in [6.07, 6.45) is 0.320. The first-order valence-corrected chi connectivity index (χ1v) is 5.46. The van der Waals surface area contributed by atoms with Crippen molar-refractivity contribution in [3.05, 3.63) is 35.9 Å². The Balaban J connectivity index is 2.25. The minimum atomic E-state index is -0.855. The maximum absolute atomic E-state index is 11.4. The number of esters is 1. The summed E-state index contributed by atoms with van der Waals surface area (Å²) in [5, 5.41) is 0. The number of rotatable bonds is 8. The fourth-order valence-corrected chi connectivity index (χ4v) is 1.26. The Kier molecular flexibility index (Phi) is 6.35. The smallest absolute Gasteiger partial charge is 0.312 e. The number of aldehydes is 2. The first kappa shape index (κ1) is 14.1. The molecule has 0 heterocycles. The standard InChI is InChI=1S/C13H14O5/c14-7-6-12(9-15)17-10-18-13(16)8-11-4-2-1-3-5-11/h1-5,7,9,12H,6,8,10H2. The van der Waals surface area contributed by atoms with Gasteiger partial charge in [-0.2, -0.15) is 0 Å². The van der Waals surface area contributed by atoms with Crippen molar-refractivity contribution in [3.63, 3.8) is 0 Å². The van der Waals surface area contributed by atoms with Crippen molar-refractivity contribution >= 4 is 18.5 Å². The maximum atomic E-state index is 11.4. The molecule has 0 amide bonds. The number of ether oxygens (including phenoxy) is 2. The van der Waals surface area contributed by atoms with Crippen molar-refractivity contribution in [2.24, 2.45) is 0 Å². The summed E-state index contributed by atoms with van der Waals surface area (Å²) in [4.78, 5) is 32.0. The first-order chi connectivity index (χ1) is 8.76. The molecular formula is C13H14O5. The molecule has 0 aliphatic heterocycles. The molecule has 0 aromatic heterocycles. The summed E-state index contributed by atoms with van der Waals surface area (Å²) in [5.74, 6) is -0.447. The van der Waals surface area contributed by atoms with Gasteiger partial charge in [0.15, 0.2) is 6.79 Å². The SMILES string of the molecule is O=CCC(C=O)OCOC(=O)Cc1ccccc1. The van der Waals surface area contributed by atoms with Crippen molar-refractivity contribution in [3.8, 4) is 0 Å². The molecule has 0 radical (unpaired) electrons. The van der Waals surface area contributed by atoms with E-state index in [1.807, 2.05) is 30.3 Å². The summed E-state index contributed by atoms with van der Waals surface area (Å²) < 4.78 is 9.69. The molecule has 1 rings (SSSR count). The molecule has 0 bridgehead atoms. The van der Waals surface area contributed by atoms with Gasteiger partial charge in [0.1, 0.15) is 18.7 Å². The lowest BCUT2D eigenvalue weighted by Crippen LogP contribution is -2.19. The predicted molar refractivity (Wildman–Crippen MR) is 62.7 cm³/mol. The number of benzene rings is 1. The Hall–Kier alpha value is -2.01. The van der Waals surface area contributed by atoms with Crippen molar-refractivity contribution in [2.75, 3.05) is 6.79 Å². The van der Waals surface area contributed by atoms with Gasteiger partial charge in [0, 0.05) is 6.42 Å². The molecule has 1 atom stereocenters. The van der Waals surface area contributed by atoms with Crippen LogP contribution in [0.4, 0.5) is 0 Å². The van der Waals surface area contributed by atoms with E-state index in [-0.39, 0.29) is 19.6 Å². The summed E-state index contributed by atoms with van der Waals surface area (Å²) in [6, 6.07) is 9.12. The topological polar surface area (TPSA) is 69.7 Å². The van der Waals surface area contributed by atoms with E-state index in [9.17, 15) is 14.4 Å². The van der Waals surface area contributed by atoms with Gasteiger partial charge in [-0.1, -0.05) is 30.3 Å². The molecule has 0 aliphatic rings. The molecule has 1 aromatic rings. The molecule has 1 aromatic carbocycles. The van der Waals surface area contributed by atoms with E-state index in [0.717, 1.165) is 5.56 Å². The molecule has 18 heavy (non-hydrogen) atoms. The lowest BCUT2D eigenvalue weighted by atomic mass is 10.2. The van der Waals surface area contributed by atoms with Gasteiger partial charge in [-0.3, -0.25) is 4.79 Å². The summed E-state index contributed by atoms with van der Waals surface area (Å²) in [7, 11) is 0. The van der Waals surface area contributed by atoms with Gasteiger partial charge in [-0.05, 0) is 5.56 Å². The van der Waals surface area contributed by atoms with Crippen LogP contribution < -0.4 is 0 Å². The first-order valence-electron chi connectivity index (χ1n) is 5.46. The molecule has 5 heteroatoms. The van der Waals surface area contributed by atoms with Crippen LogP contribution in [-0.4, -0.2) is 31.4 Å². The van der Waals surface area contributed by atoms with E-state index in [2.05, 4.69) is 0 Å². The zero-order valence-electron chi connectivity index (χ0n) is 9.78. The summed E-state index contributed by atoms with van der Waals surface area (Å²) in [6.45, 7) is -0.330. The molecule has 5 nitrogen and oxygen atoms in total. The largest absolute Gasteiger partial charge is 0.438 e. The molecule has 0 spiro atoms. The summed E-state index contributed by atoms with van der Waals surface area (Å²) in [5.41, 5.74) is 0.835. The maximum Gasteiger partial charge on any atom is 0.312 e. The van der Waals surface area contributed by atoms with Gasteiger partial charge in [-0.25, -0.2) is 0 Å². The zero-order valence-corrected chi connectivity index (χ0v) is 9.78. The highest BCUT2D eigenvalue weighted by atomic mass is 16.7. The van der Waals surface area contributed by atoms with Crippen LogP contribution in [0.25, 0.3) is 0 Å². The molecular weight excluding hydrogens is 236 g/mol. The minimum Gasteiger partial charge on any atom is -0.438 e. The molecule has 0 N–H and O–H groups in total. The third kappa shape index (κ3) is 5.36. The van der Waals surface area contributed by atoms with E-state index >= 15 is 0 Å². The van der Waals surface area contributed by atoms with E-state index < -0.39 is 12.1 Å². The van der Waals surface area contributed by atoms with Crippen LogP contribution in [-0.2, 0) is 30.3 Å². The number of carbonyl (C=O) groups excluding carboxylic acids is 3. The van der Waals surface area contributed by atoms with E-state index in [0.29, 0.717) is 12.6 Å². The van der Waals surface area contributed by atoms with Gasteiger partial charge in [0.05, 0.1) is 6.42 Å². The Morgan fingerprint density at radius 3 is 2.56 bits per heavy atom. The average molecular weight is 250 g/mol. The zero-order chi connectivity index (χ0) is 13.2. The summed E-state index contributed by atoms with van der Waals surface area (Å²) >= 11 is 0. The highest BCUT2D eigenvalue weighted by molar-refractivity contribution is 5.72. The molecule has 1 unspecified atom stereocenters. The van der Waals surface area contributed by atoms with Crippen LogP contribution in [0, 0.1) is 0 Å². The highest BCUT2D eigenvalue weighted by Crippen LogP contribution is 2.01. The van der Waals surface area contributed by atoms with E-state index in [1.165, 1.54) is 0 Å². The van der Waals surface area contributed by atoms with Gasteiger partial charge >= 0.3 is 5.97 Å². The Bertz CT molecular complexity index is 388. The van der Waals surface area contributed by atoms with Gasteiger partial charge in [0.2, 0.25) is 0 Å². The predicted octanol–water partition coefficient (Wildman–Crippen LogP) is 0.903. The van der Waals surface area contributed by atoms with Crippen molar-refractivity contribution in [2.45, 2.75) is 18.9 Å². The van der Waals surface area contributed by atoms with Crippen LogP contribution in [0.2, 0.25) is 0 Å². The normalized spacial score (nSPS) is 11.6. The Morgan fingerprint density at radius 2 is 1.94 bits per heavy atom. The third-order valence-electron chi connectivity index (χ3n) is 2.17. The van der Waals surface area contributed by atoms with Gasteiger partial charge < -0.3 is 19.1 Å². The number of hydrogen-bond donors (Lipinski definition) is 0. The minimum absolute atomic E-state index is 0.0419. The van der Waals surface area contributed by atoms with Crippen LogP contribution in [0.3, 0.4) is 0 Å². The third-order valence-corrected chi connectivity index (χ3v) is 2.17. The molecule has 0 saturated carbocycles. The quantitative estimate of drug-likeness (QED) is 0.389. The van der Waals surface area contributed by atoms with Crippen molar-refractivity contribution in [1.29, 1.82) is 0 Å². The average Bonchev–Trinajstić information content (AvgIpc) is 2.39. The van der Waals surface area contributed by atoms with Crippen LogP contribution in [0.1, 0.15) is 12.0 Å². The second kappa shape index (κ2) is 8.14. The second-order valence-corrected chi connectivity index (χ2v) is 3.54. The molecule has 96 valence electrons. The number of carbonyl (C=O) groups is 3. The second-order valence-electron chi connectivity index (χ2n) is 3.54. The fraction of sp³-hybridized carbons (Fsp3) is 0.308. The fourth-order valence-electron chi connectivity index (χ4n) is 1.26. The van der Waals surface area contributed by atoms with Gasteiger partial charge in [0.25, 0.3) is 0 Å². The van der Waals surface area contributed by atoms with Gasteiger partial charge in [-0.15, -0.1) is 0 Å². The lowest BCUT2D eigenvalue weighted by molar-refractivity contribution is -0.161. The van der Waals surface area contributed by atoms with Crippen molar-refractivity contribution < 1.29 is 23.9 Å².